The number of piperidine rings is 1. The largest absolute Gasteiger partial charge is 0.417 e. The Morgan fingerprint density at radius 3 is 2.62 bits per heavy atom. The summed E-state index contributed by atoms with van der Waals surface area (Å²) in [6.45, 7) is 0.380. The number of rotatable bonds is 5. The molecule has 2 aromatic heterocycles. The van der Waals surface area contributed by atoms with E-state index in [9.17, 15) is 18.0 Å². The normalized spacial score (nSPS) is 21.6. The van der Waals surface area contributed by atoms with Gasteiger partial charge in [-0.15, -0.1) is 0 Å². The summed E-state index contributed by atoms with van der Waals surface area (Å²) >= 11 is 6.24. The zero-order valence-electron chi connectivity index (χ0n) is 18.0. The van der Waals surface area contributed by atoms with Crippen LogP contribution in [0.1, 0.15) is 35.2 Å². The van der Waals surface area contributed by atoms with E-state index in [1.54, 1.807) is 36.7 Å². The lowest BCUT2D eigenvalue weighted by Crippen LogP contribution is -2.48. The van der Waals surface area contributed by atoms with Crippen molar-refractivity contribution in [2.24, 2.45) is 5.92 Å². The van der Waals surface area contributed by atoms with Gasteiger partial charge in [0.15, 0.2) is 5.82 Å². The van der Waals surface area contributed by atoms with E-state index in [-0.39, 0.29) is 18.0 Å². The molecular weight excluding hydrogens is 467 g/mol. The predicted octanol–water partition coefficient (Wildman–Crippen LogP) is 5.32. The second-order valence-electron chi connectivity index (χ2n) is 8.58. The Labute approximate surface area is 199 Å². The van der Waals surface area contributed by atoms with Gasteiger partial charge in [0.25, 0.3) is 5.91 Å². The van der Waals surface area contributed by atoms with E-state index in [2.05, 4.69) is 20.3 Å². The number of nitrogens with zero attached hydrogens (tertiary/aromatic N) is 4. The Morgan fingerprint density at radius 2 is 1.91 bits per heavy atom. The third kappa shape index (κ3) is 4.57. The fourth-order valence-electron chi connectivity index (χ4n) is 4.57. The number of nitrogens with one attached hydrogen (secondary N) is 1. The molecule has 6 nitrogen and oxygen atoms in total. The lowest BCUT2D eigenvalue weighted by Gasteiger charge is -2.36. The number of hydrogen-bond donors (Lipinski definition) is 1. The van der Waals surface area contributed by atoms with Crippen molar-refractivity contribution in [1.82, 2.24) is 19.9 Å². The van der Waals surface area contributed by atoms with Crippen LogP contribution in [0.4, 0.5) is 19.0 Å². The minimum Gasteiger partial charge on any atom is -0.368 e. The molecule has 0 radical (unpaired) electrons. The predicted molar refractivity (Wildman–Crippen MR) is 121 cm³/mol. The average Bonchev–Trinajstić information content (AvgIpc) is 3.62. The van der Waals surface area contributed by atoms with E-state index < -0.39 is 11.7 Å². The minimum absolute atomic E-state index is 0.135. The number of benzene rings is 1. The summed E-state index contributed by atoms with van der Waals surface area (Å²) < 4.78 is 38.4. The number of amides is 1. The van der Waals surface area contributed by atoms with Crippen LogP contribution in [0.5, 0.6) is 0 Å². The van der Waals surface area contributed by atoms with Crippen molar-refractivity contribution >= 4 is 23.3 Å². The summed E-state index contributed by atoms with van der Waals surface area (Å²) in [6, 6.07) is 9.10. The smallest absolute Gasteiger partial charge is 0.368 e. The Morgan fingerprint density at radius 1 is 1.12 bits per heavy atom. The molecule has 1 aliphatic heterocycles. The first-order valence-electron chi connectivity index (χ1n) is 11.0. The van der Waals surface area contributed by atoms with Crippen LogP contribution in [0.3, 0.4) is 0 Å². The summed E-state index contributed by atoms with van der Waals surface area (Å²) in [7, 11) is 0. The zero-order chi connectivity index (χ0) is 23.9. The minimum atomic E-state index is -4.43. The number of likely N-dealkylation sites (tertiary alicyclic amines) is 1. The van der Waals surface area contributed by atoms with Gasteiger partial charge in [-0.25, -0.2) is 15.0 Å². The van der Waals surface area contributed by atoms with Crippen LogP contribution >= 0.6 is 11.6 Å². The second kappa shape index (κ2) is 8.87. The van der Waals surface area contributed by atoms with Crippen molar-refractivity contribution in [3.05, 3.63) is 71.1 Å². The van der Waals surface area contributed by atoms with Crippen LogP contribution in [0.2, 0.25) is 5.02 Å². The summed E-state index contributed by atoms with van der Waals surface area (Å²) in [5.41, 5.74) is 0.239. The van der Waals surface area contributed by atoms with Crippen LogP contribution in [-0.2, 0) is 6.18 Å². The molecular formula is C24H21ClF3N5O. The fraction of sp³-hybridized carbons (Fsp3) is 0.333. The van der Waals surface area contributed by atoms with Crippen molar-refractivity contribution < 1.29 is 18.0 Å². The summed E-state index contributed by atoms with van der Waals surface area (Å²) in [5.74, 6) is 1.10. The molecule has 2 aliphatic rings. The van der Waals surface area contributed by atoms with Gasteiger partial charge in [0, 0.05) is 47.8 Å². The van der Waals surface area contributed by atoms with Crippen LogP contribution in [0.25, 0.3) is 11.4 Å². The molecule has 5 rings (SSSR count). The van der Waals surface area contributed by atoms with Crippen LogP contribution in [-0.4, -0.2) is 44.4 Å². The van der Waals surface area contributed by atoms with Crippen molar-refractivity contribution in [2.45, 2.75) is 37.5 Å². The SMILES string of the molecule is O=C(c1cc(Cl)ccc1-c1ncccn1)N1C2C[C@H]2CC[C@H]1CNc1ccc(C(F)(F)F)cn1. The Balaban J connectivity index is 1.38. The molecule has 176 valence electrons. The van der Waals surface area contributed by atoms with Gasteiger partial charge >= 0.3 is 6.18 Å². The quantitative estimate of drug-likeness (QED) is 0.527. The lowest BCUT2D eigenvalue weighted by atomic mass is 9.98. The van der Waals surface area contributed by atoms with Gasteiger partial charge in [-0.2, -0.15) is 13.2 Å². The molecule has 1 unspecified atom stereocenters. The number of pyridine rings is 1. The van der Waals surface area contributed by atoms with Gasteiger partial charge in [-0.3, -0.25) is 4.79 Å². The Hall–Kier alpha value is -3.20. The topological polar surface area (TPSA) is 71.0 Å². The molecule has 0 spiro atoms. The number of carbonyl (C=O) groups is 1. The first kappa shape index (κ1) is 22.6. The number of halogens is 4. The Kier molecular flexibility index (Phi) is 5.89. The first-order valence-corrected chi connectivity index (χ1v) is 11.4. The van der Waals surface area contributed by atoms with Gasteiger partial charge in [0.05, 0.1) is 11.1 Å². The fourth-order valence-corrected chi connectivity index (χ4v) is 4.74. The van der Waals surface area contributed by atoms with Crippen LogP contribution in [0, 0.1) is 5.92 Å². The van der Waals surface area contributed by atoms with Gasteiger partial charge in [0.2, 0.25) is 0 Å². The monoisotopic (exact) mass is 487 g/mol. The lowest BCUT2D eigenvalue weighted by molar-refractivity contribution is -0.137. The number of carbonyl (C=O) groups excluding carboxylic acids is 1. The summed E-state index contributed by atoms with van der Waals surface area (Å²) in [5, 5.41) is 3.54. The number of aromatic nitrogens is 3. The highest BCUT2D eigenvalue weighted by Crippen LogP contribution is 2.46. The zero-order valence-corrected chi connectivity index (χ0v) is 18.7. The molecule has 3 atom stereocenters. The molecule has 10 heteroatoms. The van der Waals surface area contributed by atoms with E-state index >= 15 is 0 Å². The average molecular weight is 488 g/mol. The van der Waals surface area contributed by atoms with Gasteiger partial charge < -0.3 is 10.2 Å². The number of alkyl halides is 3. The van der Waals surface area contributed by atoms with E-state index in [1.807, 2.05) is 4.90 Å². The van der Waals surface area contributed by atoms with Crippen molar-refractivity contribution in [3.63, 3.8) is 0 Å². The van der Waals surface area contributed by atoms with Crippen molar-refractivity contribution in [1.29, 1.82) is 0 Å². The Bertz CT molecular complexity index is 1190. The maximum atomic E-state index is 13.8. The second-order valence-corrected chi connectivity index (χ2v) is 9.02. The van der Waals surface area contributed by atoms with Gasteiger partial charge in [-0.05, 0) is 61.6 Å². The third-order valence-electron chi connectivity index (χ3n) is 6.37. The van der Waals surface area contributed by atoms with Crippen molar-refractivity contribution in [3.8, 4) is 11.4 Å². The third-order valence-corrected chi connectivity index (χ3v) is 6.60. The molecule has 2 fully saturated rings. The van der Waals surface area contributed by atoms with Crippen molar-refractivity contribution in [2.75, 3.05) is 11.9 Å². The summed E-state index contributed by atoms with van der Waals surface area (Å²) in [6.07, 6.45) is 2.35. The van der Waals surface area contributed by atoms with Crippen LogP contribution in [0.15, 0.2) is 55.0 Å². The molecule has 3 aromatic rings. The van der Waals surface area contributed by atoms with E-state index in [0.29, 0.717) is 40.3 Å². The molecule has 3 heterocycles. The highest BCUT2D eigenvalue weighted by atomic mass is 35.5. The van der Waals surface area contributed by atoms with Gasteiger partial charge in [-0.1, -0.05) is 11.6 Å². The maximum Gasteiger partial charge on any atom is 0.417 e. The van der Waals surface area contributed by atoms with E-state index in [0.717, 1.165) is 31.5 Å². The number of anilines is 1. The standard InChI is InChI=1S/C24H21ClF3N5O/c25-16-4-6-18(22-29-8-1-9-30-22)19(11-16)23(34)33-17(5-2-14-10-20(14)33)13-32-21-7-3-15(12-31-21)24(26,27)28/h1,3-4,6-9,11-12,14,17,20H,2,5,10,13H2,(H,31,32)/t14-,17+,20?/m1/s1. The summed E-state index contributed by atoms with van der Waals surface area (Å²) in [4.78, 5) is 28.2. The molecule has 0 bridgehead atoms. The maximum absolute atomic E-state index is 13.8. The van der Waals surface area contributed by atoms with E-state index in [4.69, 9.17) is 11.6 Å². The molecule has 34 heavy (non-hydrogen) atoms. The van der Waals surface area contributed by atoms with E-state index in [1.165, 1.54) is 6.07 Å². The molecule has 1 N–H and O–H groups in total. The molecule has 1 aromatic carbocycles. The molecule has 1 saturated carbocycles. The number of fused-ring (bicyclic) bond motifs is 1. The van der Waals surface area contributed by atoms with Gasteiger partial charge in [0.1, 0.15) is 5.82 Å². The molecule has 1 aliphatic carbocycles. The highest BCUT2D eigenvalue weighted by Gasteiger charge is 2.50. The highest BCUT2D eigenvalue weighted by molar-refractivity contribution is 6.31. The molecule has 1 saturated heterocycles. The van der Waals surface area contributed by atoms with Crippen LogP contribution < -0.4 is 5.32 Å². The number of hydrogen-bond acceptors (Lipinski definition) is 5. The first-order chi connectivity index (χ1) is 16.3. The molecule has 1 amide bonds.